The standard InChI is InChI=1S/C15H25N2/c1-3-14(16-10-6-5-7-11-16)15(4-2)17-12-8-9-13-17/h3-4,15H,1-2,5-13H2/i10+2,12+2. The van der Waals surface area contributed by atoms with Crippen LogP contribution in [-0.2, 0) is 0 Å². The molecular weight excluding hydrogens is 212 g/mol. The van der Waals surface area contributed by atoms with Crippen LogP contribution in [0.25, 0.3) is 0 Å². The van der Waals surface area contributed by atoms with Gasteiger partial charge in [-0.15, -0.1) is 13.2 Å². The Hall–Kier alpha value is -0.600. The Labute approximate surface area is 106 Å². The molecule has 0 saturated carbocycles. The Bertz CT molecular complexity index is 250. The summed E-state index contributed by atoms with van der Waals surface area (Å²) in [5.74, 6) is 0. The predicted molar refractivity (Wildman–Crippen MR) is 73.7 cm³/mol. The molecule has 0 N–H and O–H groups in total. The number of piperidine rings is 1. The Balaban J connectivity index is 2.02. The molecule has 1 unspecified atom stereocenters. The zero-order valence-electron chi connectivity index (χ0n) is 10.9. The maximum atomic E-state index is 4.03. The van der Waals surface area contributed by atoms with E-state index in [0.717, 1.165) is 0 Å². The van der Waals surface area contributed by atoms with Crippen molar-refractivity contribution in [2.45, 2.75) is 38.1 Å². The van der Waals surface area contributed by atoms with Crippen molar-refractivity contribution in [2.75, 3.05) is 26.2 Å². The fourth-order valence-electron chi connectivity index (χ4n) is 3.07. The Kier molecular flexibility index (Phi) is 4.81. The summed E-state index contributed by atoms with van der Waals surface area (Å²) in [4.78, 5) is 5.06. The Morgan fingerprint density at radius 1 is 1.06 bits per heavy atom. The number of nitrogens with zero attached hydrogens (tertiary/aromatic N) is 2. The van der Waals surface area contributed by atoms with Gasteiger partial charge in [0.25, 0.3) is 0 Å². The van der Waals surface area contributed by atoms with Crippen LogP contribution in [0.15, 0.2) is 25.3 Å². The number of rotatable bonds is 5. The smallest absolute Gasteiger partial charge is 0.0822 e. The Morgan fingerprint density at radius 2 is 1.88 bits per heavy atom. The summed E-state index contributed by atoms with van der Waals surface area (Å²) in [5, 5.41) is 0. The van der Waals surface area contributed by atoms with Crippen molar-refractivity contribution in [2.24, 2.45) is 0 Å². The topological polar surface area (TPSA) is 6.48 Å². The van der Waals surface area contributed by atoms with Gasteiger partial charge in [-0.2, -0.15) is 0 Å². The summed E-state index contributed by atoms with van der Waals surface area (Å²) < 4.78 is 0. The summed E-state index contributed by atoms with van der Waals surface area (Å²) in [7, 11) is 0. The minimum absolute atomic E-state index is 0.382. The van der Waals surface area contributed by atoms with Crippen LogP contribution in [0, 0.1) is 6.04 Å². The summed E-state index contributed by atoms with van der Waals surface area (Å²) in [6, 6.07) is 1.76. The second kappa shape index (κ2) is 6.36. The van der Waals surface area contributed by atoms with Gasteiger partial charge in [0, 0.05) is 0 Å². The van der Waals surface area contributed by atoms with Gasteiger partial charge in [0.05, 0.1) is 12.1 Å². The molecule has 0 spiro atoms. The van der Waals surface area contributed by atoms with Crippen LogP contribution in [0.2, 0.25) is 0 Å². The molecule has 17 heavy (non-hydrogen) atoms. The molecule has 2 nitrogen and oxygen atoms in total. The first-order chi connectivity index (χ1) is 8.36. The van der Waals surface area contributed by atoms with Crippen LogP contribution >= 0.6 is 0 Å². The number of likely N-dealkylation sites (tertiary alicyclic amines) is 2. The van der Waals surface area contributed by atoms with Crippen molar-refractivity contribution in [1.29, 1.82) is 0 Å². The molecule has 0 amide bonds. The van der Waals surface area contributed by atoms with E-state index in [1.807, 2.05) is 0 Å². The molecule has 2 heteroatoms. The second-order valence-corrected chi connectivity index (χ2v) is 5.10. The molecule has 2 heterocycles. The molecular formula is C15H25N2. The van der Waals surface area contributed by atoms with Gasteiger partial charge in [-0.05, 0) is 51.9 Å². The van der Waals surface area contributed by atoms with Crippen LogP contribution in [-0.4, -0.2) is 42.0 Å². The first kappa shape index (κ1) is 12.8. The van der Waals surface area contributed by atoms with Crippen molar-refractivity contribution >= 4 is 0 Å². The highest BCUT2D eigenvalue weighted by atomic mass is 15.6. The predicted octanol–water partition coefficient (Wildman–Crippen LogP) is 2.84. The minimum Gasteiger partial charge on any atom is -0.295 e. The van der Waals surface area contributed by atoms with Crippen molar-refractivity contribution in [3.63, 3.8) is 0 Å². The molecule has 2 aliphatic heterocycles. The summed E-state index contributed by atoms with van der Waals surface area (Å²) in [5.41, 5.74) is 0. The maximum absolute atomic E-state index is 4.03. The van der Waals surface area contributed by atoms with Crippen LogP contribution in [0.3, 0.4) is 0 Å². The van der Waals surface area contributed by atoms with E-state index in [2.05, 4.69) is 35.1 Å². The summed E-state index contributed by atoms with van der Waals surface area (Å²) in [6.45, 7) is 12.9. The molecule has 0 aromatic carbocycles. The van der Waals surface area contributed by atoms with Crippen molar-refractivity contribution in [3.8, 4) is 0 Å². The molecule has 1 atom stereocenters. The maximum Gasteiger partial charge on any atom is 0.0822 e. The number of hydrogen-bond donors (Lipinski definition) is 0. The van der Waals surface area contributed by atoms with E-state index in [1.54, 1.807) is 0 Å². The number of hydrogen-bond acceptors (Lipinski definition) is 2. The van der Waals surface area contributed by atoms with Crippen LogP contribution in [0.1, 0.15) is 32.1 Å². The highest BCUT2D eigenvalue weighted by Crippen LogP contribution is 2.26. The quantitative estimate of drug-likeness (QED) is 0.678. The van der Waals surface area contributed by atoms with Gasteiger partial charge in [0.1, 0.15) is 0 Å². The third-order valence-electron chi connectivity index (χ3n) is 3.99. The molecule has 95 valence electrons. The Morgan fingerprint density at radius 3 is 2.41 bits per heavy atom. The second-order valence-electron chi connectivity index (χ2n) is 5.10. The highest BCUT2D eigenvalue weighted by Gasteiger charge is 2.30. The van der Waals surface area contributed by atoms with E-state index in [4.69, 9.17) is 0 Å². The third kappa shape index (κ3) is 2.99. The lowest BCUT2D eigenvalue weighted by Crippen LogP contribution is -2.45. The van der Waals surface area contributed by atoms with Crippen molar-refractivity contribution in [1.82, 2.24) is 9.80 Å². The summed E-state index contributed by atoms with van der Waals surface area (Å²) in [6.07, 6.45) is 10.8. The fourth-order valence-corrected chi connectivity index (χ4v) is 3.07. The third-order valence-corrected chi connectivity index (χ3v) is 3.99. The van der Waals surface area contributed by atoms with E-state index < -0.39 is 0 Å². The molecule has 2 aliphatic rings. The SMILES string of the molecule is C=C[C](C(C=C)N1CCC[14CH2]1)N1CCCC[14CH2]1. The fraction of sp³-hybridized carbons (Fsp3) is 0.667. The normalized spacial score (nSPS) is 25.0. The van der Waals surface area contributed by atoms with E-state index in [0.29, 0.717) is 6.04 Å². The average Bonchev–Trinajstić information content (AvgIpc) is 2.90. The molecule has 2 rings (SSSR count). The van der Waals surface area contributed by atoms with Crippen LogP contribution in [0.4, 0.5) is 0 Å². The first-order valence-electron chi connectivity index (χ1n) is 6.97. The van der Waals surface area contributed by atoms with Gasteiger partial charge in [0.15, 0.2) is 0 Å². The van der Waals surface area contributed by atoms with Crippen LogP contribution in [0.5, 0.6) is 0 Å². The van der Waals surface area contributed by atoms with Gasteiger partial charge >= 0.3 is 0 Å². The van der Waals surface area contributed by atoms with Gasteiger partial charge in [-0.25, -0.2) is 0 Å². The molecule has 0 aliphatic carbocycles. The molecule has 0 aromatic rings. The van der Waals surface area contributed by atoms with Gasteiger partial charge in [-0.1, -0.05) is 18.6 Å². The van der Waals surface area contributed by atoms with Crippen molar-refractivity contribution < 1.29 is 0 Å². The van der Waals surface area contributed by atoms with E-state index in [1.165, 1.54) is 64.3 Å². The molecule has 0 bridgehead atoms. The minimum atomic E-state index is 0.382. The summed E-state index contributed by atoms with van der Waals surface area (Å²) >= 11 is 0. The largest absolute Gasteiger partial charge is 0.295 e. The molecule has 1 radical (unpaired) electrons. The molecule has 0 aromatic heterocycles. The van der Waals surface area contributed by atoms with Crippen molar-refractivity contribution in [3.05, 3.63) is 31.4 Å². The zero-order valence-corrected chi connectivity index (χ0v) is 10.9. The molecule has 2 saturated heterocycles. The lowest BCUT2D eigenvalue weighted by molar-refractivity contribution is 0.184. The lowest BCUT2D eigenvalue weighted by Gasteiger charge is -2.39. The van der Waals surface area contributed by atoms with E-state index in [-0.39, 0.29) is 0 Å². The monoisotopic (exact) mass is 237 g/mol. The van der Waals surface area contributed by atoms with Gasteiger partial charge in [0.2, 0.25) is 0 Å². The molecule has 2 fully saturated rings. The van der Waals surface area contributed by atoms with Gasteiger partial charge < -0.3 is 0 Å². The van der Waals surface area contributed by atoms with E-state index in [9.17, 15) is 0 Å². The zero-order chi connectivity index (χ0) is 12.1. The first-order valence-corrected chi connectivity index (χ1v) is 6.97. The van der Waals surface area contributed by atoms with Crippen LogP contribution < -0.4 is 0 Å². The van der Waals surface area contributed by atoms with Gasteiger partial charge in [-0.3, -0.25) is 9.80 Å². The average molecular weight is 237 g/mol. The highest BCUT2D eigenvalue weighted by molar-refractivity contribution is 5.19. The lowest BCUT2D eigenvalue weighted by atomic mass is 10.1. The van der Waals surface area contributed by atoms with E-state index >= 15 is 0 Å².